The standard InChI is InChI=1S/C22H28N2O3/c1-23-12-13-3-2-4-15(9-13)14-5-7-24(8-6-14)21(27)17-10-16-11-22(17)18(16)19(25)20(22)26/h2-4,9,14,16-20,25-26H,1,5-8,10-12H2. The summed E-state index contributed by atoms with van der Waals surface area (Å²) in [5, 5.41) is 20.4. The molecule has 1 aliphatic heterocycles. The molecule has 5 heteroatoms. The van der Waals surface area contributed by atoms with Crippen molar-refractivity contribution in [3.63, 3.8) is 0 Å². The molecule has 5 nitrogen and oxygen atoms in total. The first-order valence-electron chi connectivity index (χ1n) is 10.2. The Morgan fingerprint density at radius 1 is 1.30 bits per heavy atom. The van der Waals surface area contributed by atoms with Crippen LogP contribution in [0.25, 0.3) is 0 Å². The summed E-state index contributed by atoms with van der Waals surface area (Å²) in [5.74, 6) is 1.23. The first-order chi connectivity index (χ1) is 13.1. The van der Waals surface area contributed by atoms with Gasteiger partial charge in [-0.3, -0.25) is 9.79 Å². The maximum absolute atomic E-state index is 13.2. The molecule has 6 atom stereocenters. The molecule has 5 aliphatic rings. The number of hydrogen-bond acceptors (Lipinski definition) is 4. The molecule has 27 heavy (non-hydrogen) atoms. The second-order valence-electron chi connectivity index (χ2n) is 9.05. The van der Waals surface area contributed by atoms with Crippen molar-refractivity contribution in [3.05, 3.63) is 35.4 Å². The van der Waals surface area contributed by atoms with E-state index in [0.29, 0.717) is 18.4 Å². The summed E-state index contributed by atoms with van der Waals surface area (Å²) >= 11 is 0. The van der Waals surface area contributed by atoms with Crippen molar-refractivity contribution in [2.45, 2.75) is 50.4 Å². The van der Waals surface area contributed by atoms with E-state index in [1.165, 1.54) is 11.1 Å². The summed E-state index contributed by atoms with van der Waals surface area (Å²) in [4.78, 5) is 19.2. The Bertz CT molecular complexity index is 773. The number of aliphatic hydroxyl groups is 2. The number of rotatable bonds is 4. The highest BCUT2D eigenvalue weighted by Gasteiger charge is 2.79. The van der Waals surface area contributed by atoms with Gasteiger partial charge in [-0.15, -0.1) is 0 Å². The van der Waals surface area contributed by atoms with Gasteiger partial charge in [0.25, 0.3) is 0 Å². The number of amides is 1. The maximum Gasteiger partial charge on any atom is 0.226 e. The van der Waals surface area contributed by atoms with Crippen LogP contribution in [-0.2, 0) is 11.3 Å². The Morgan fingerprint density at radius 2 is 2.07 bits per heavy atom. The van der Waals surface area contributed by atoms with E-state index in [-0.39, 0.29) is 23.2 Å². The molecular formula is C22H28N2O3. The van der Waals surface area contributed by atoms with E-state index in [9.17, 15) is 15.0 Å². The number of aliphatic imine (C=N–C) groups is 1. The zero-order chi connectivity index (χ0) is 18.8. The van der Waals surface area contributed by atoms with E-state index in [1.807, 2.05) is 4.90 Å². The minimum Gasteiger partial charge on any atom is -0.390 e. The van der Waals surface area contributed by atoms with E-state index < -0.39 is 12.2 Å². The third kappa shape index (κ3) is 2.31. The van der Waals surface area contributed by atoms with E-state index in [4.69, 9.17) is 0 Å². The molecule has 1 amide bonds. The van der Waals surface area contributed by atoms with Gasteiger partial charge in [-0.1, -0.05) is 24.3 Å². The van der Waals surface area contributed by atoms with Gasteiger partial charge in [0.2, 0.25) is 5.91 Å². The fourth-order valence-corrected chi connectivity index (χ4v) is 6.70. The highest BCUT2D eigenvalue weighted by atomic mass is 16.3. The lowest BCUT2D eigenvalue weighted by Gasteiger charge is -2.64. The van der Waals surface area contributed by atoms with Crippen molar-refractivity contribution in [1.29, 1.82) is 0 Å². The van der Waals surface area contributed by atoms with Crippen LogP contribution in [0.15, 0.2) is 29.3 Å². The lowest BCUT2D eigenvalue weighted by molar-refractivity contribution is -0.277. The fraction of sp³-hybridized carbons (Fsp3) is 0.636. The molecule has 5 fully saturated rings. The lowest BCUT2D eigenvalue weighted by Crippen LogP contribution is -2.72. The van der Waals surface area contributed by atoms with Crippen molar-refractivity contribution >= 4 is 12.6 Å². The molecular weight excluding hydrogens is 340 g/mol. The quantitative estimate of drug-likeness (QED) is 0.798. The third-order valence-corrected chi connectivity index (χ3v) is 8.00. The van der Waals surface area contributed by atoms with E-state index in [1.54, 1.807) is 0 Å². The Morgan fingerprint density at radius 3 is 2.81 bits per heavy atom. The molecule has 0 radical (unpaired) electrons. The normalized spacial score (nSPS) is 40.1. The summed E-state index contributed by atoms with van der Waals surface area (Å²) in [6.45, 7) is 5.79. The summed E-state index contributed by atoms with van der Waals surface area (Å²) in [5.41, 5.74) is 2.22. The van der Waals surface area contributed by atoms with Gasteiger partial charge in [-0.2, -0.15) is 0 Å². The fourth-order valence-electron chi connectivity index (χ4n) is 6.70. The molecule has 1 saturated heterocycles. The predicted octanol–water partition coefficient (Wildman–Crippen LogP) is 1.97. The molecule has 1 spiro atoms. The molecule has 144 valence electrons. The van der Waals surface area contributed by atoms with Crippen molar-refractivity contribution in [3.8, 4) is 0 Å². The summed E-state index contributed by atoms with van der Waals surface area (Å²) in [7, 11) is 0. The molecule has 1 aromatic carbocycles. The van der Waals surface area contributed by atoms with Crippen LogP contribution in [0.3, 0.4) is 0 Å². The number of piperidine rings is 1. The zero-order valence-corrected chi connectivity index (χ0v) is 15.6. The monoisotopic (exact) mass is 368 g/mol. The lowest BCUT2D eigenvalue weighted by atomic mass is 9.43. The van der Waals surface area contributed by atoms with Crippen LogP contribution in [0.1, 0.15) is 42.7 Å². The molecule has 2 N–H and O–H groups in total. The number of carbonyl (C=O) groups is 1. The van der Waals surface area contributed by atoms with E-state index in [0.717, 1.165) is 38.8 Å². The van der Waals surface area contributed by atoms with Gasteiger partial charge in [0.05, 0.1) is 18.8 Å². The van der Waals surface area contributed by atoms with Crippen LogP contribution in [0, 0.1) is 23.2 Å². The van der Waals surface area contributed by atoms with Gasteiger partial charge in [0.15, 0.2) is 0 Å². The van der Waals surface area contributed by atoms with Crippen molar-refractivity contribution in [1.82, 2.24) is 4.90 Å². The van der Waals surface area contributed by atoms with Gasteiger partial charge >= 0.3 is 0 Å². The number of hydrogen-bond donors (Lipinski definition) is 2. The summed E-state index contributed by atoms with van der Waals surface area (Å²) in [6, 6.07) is 8.56. The number of nitrogens with zero attached hydrogens (tertiary/aromatic N) is 2. The van der Waals surface area contributed by atoms with Gasteiger partial charge in [-0.25, -0.2) is 0 Å². The largest absolute Gasteiger partial charge is 0.390 e. The highest BCUT2D eigenvalue weighted by molar-refractivity contribution is 5.81. The van der Waals surface area contributed by atoms with Crippen LogP contribution in [-0.4, -0.2) is 53.0 Å². The van der Waals surface area contributed by atoms with Crippen molar-refractivity contribution in [2.75, 3.05) is 13.1 Å². The average molecular weight is 368 g/mol. The first kappa shape index (κ1) is 17.4. The number of fused-ring (bicyclic) bond motifs is 1. The molecule has 2 bridgehead atoms. The van der Waals surface area contributed by atoms with Crippen LogP contribution in [0.4, 0.5) is 0 Å². The molecule has 1 aromatic rings. The van der Waals surface area contributed by atoms with E-state index >= 15 is 0 Å². The topological polar surface area (TPSA) is 73.1 Å². The predicted molar refractivity (Wildman–Crippen MR) is 102 cm³/mol. The Hall–Kier alpha value is -1.72. The van der Waals surface area contributed by atoms with Crippen LogP contribution in [0.5, 0.6) is 0 Å². The summed E-state index contributed by atoms with van der Waals surface area (Å²) in [6.07, 6.45) is 2.43. The Kier molecular flexibility index (Phi) is 3.96. The number of aliphatic hydroxyl groups excluding tert-OH is 2. The van der Waals surface area contributed by atoms with Gasteiger partial charge < -0.3 is 15.1 Å². The summed E-state index contributed by atoms with van der Waals surface area (Å²) < 4.78 is 0. The van der Waals surface area contributed by atoms with E-state index in [2.05, 4.69) is 36.0 Å². The minimum atomic E-state index is -0.700. The van der Waals surface area contributed by atoms with Gasteiger partial charge in [0.1, 0.15) is 0 Å². The average Bonchev–Trinajstić information content (AvgIpc) is 3.22. The highest BCUT2D eigenvalue weighted by Crippen LogP contribution is 2.75. The van der Waals surface area contributed by atoms with Crippen LogP contribution >= 0.6 is 0 Å². The molecule has 0 aromatic heterocycles. The second-order valence-corrected chi connectivity index (χ2v) is 9.05. The second kappa shape index (κ2) is 6.14. The van der Waals surface area contributed by atoms with Gasteiger partial charge in [-0.05, 0) is 61.3 Å². The SMILES string of the molecule is C=NCc1cccc(C2CCN(C(=O)C3CC4CC35C(O)C(O)C45)CC2)c1. The Labute approximate surface area is 160 Å². The molecule has 4 saturated carbocycles. The zero-order valence-electron chi connectivity index (χ0n) is 15.6. The number of likely N-dealkylation sites (tertiary alicyclic amines) is 1. The number of benzene rings is 1. The van der Waals surface area contributed by atoms with Crippen molar-refractivity contribution < 1.29 is 15.0 Å². The van der Waals surface area contributed by atoms with Crippen molar-refractivity contribution in [2.24, 2.45) is 28.2 Å². The van der Waals surface area contributed by atoms with Crippen LogP contribution in [0.2, 0.25) is 0 Å². The molecule has 6 rings (SSSR count). The maximum atomic E-state index is 13.2. The smallest absolute Gasteiger partial charge is 0.226 e. The minimum absolute atomic E-state index is 0.0792. The first-order valence-corrected chi connectivity index (χ1v) is 10.2. The van der Waals surface area contributed by atoms with Gasteiger partial charge in [0, 0.05) is 24.4 Å². The van der Waals surface area contributed by atoms with Crippen LogP contribution < -0.4 is 0 Å². The molecule has 1 heterocycles. The number of carbonyl (C=O) groups excluding carboxylic acids is 1. The third-order valence-electron chi connectivity index (χ3n) is 8.00. The molecule has 6 unspecified atom stereocenters. The molecule has 4 aliphatic carbocycles. The Balaban J connectivity index is 1.23.